The van der Waals surface area contributed by atoms with E-state index in [1.807, 2.05) is 48.2 Å². The number of aromatic nitrogens is 1. The zero-order valence-electron chi connectivity index (χ0n) is 18.7. The number of H-pyrrole nitrogens is 1. The third kappa shape index (κ3) is 4.40. The summed E-state index contributed by atoms with van der Waals surface area (Å²) < 4.78 is 0. The maximum atomic E-state index is 13.2. The van der Waals surface area contributed by atoms with Gasteiger partial charge in [0.1, 0.15) is 0 Å². The largest absolute Gasteiger partial charge is 0.358 e. The van der Waals surface area contributed by atoms with Crippen molar-refractivity contribution in [3.8, 4) is 0 Å². The SMILES string of the molecule is Cc1ccc(C(=O)N2CCC(c3cc4ccccc4[nH]3)CC2)cc1NC(=O)c1ccccc1. The van der Waals surface area contributed by atoms with E-state index in [9.17, 15) is 9.59 Å². The summed E-state index contributed by atoms with van der Waals surface area (Å²) >= 11 is 0. The number of likely N-dealkylation sites (tertiary alicyclic amines) is 1. The Morgan fingerprint density at radius 3 is 2.36 bits per heavy atom. The predicted molar refractivity (Wildman–Crippen MR) is 132 cm³/mol. The molecule has 3 aromatic carbocycles. The first kappa shape index (κ1) is 21.0. The summed E-state index contributed by atoms with van der Waals surface area (Å²) in [7, 11) is 0. The number of fused-ring (bicyclic) bond motifs is 1. The van der Waals surface area contributed by atoms with Gasteiger partial charge in [-0.05, 0) is 67.1 Å². The number of anilines is 1. The minimum Gasteiger partial charge on any atom is -0.358 e. The molecule has 5 nitrogen and oxygen atoms in total. The summed E-state index contributed by atoms with van der Waals surface area (Å²) in [5.41, 5.74) is 5.21. The Balaban J connectivity index is 1.26. The quantitative estimate of drug-likeness (QED) is 0.427. The van der Waals surface area contributed by atoms with E-state index in [0.717, 1.165) is 37.0 Å². The number of carbonyl (C=O) groups is 2. The van der Waals surface area contributed by atoms with E-state index in [-0.39, 0.29) is 11.8 Å². The van der Waals surface area contributed by atoms with Crippen LogP contribution in [0.4, 0.5) is 5.69 Å². The Kier molecular flexibility index (Phi) is 5.69. The highest BCUT2D eigenvalue weighted by Crippen LogP contribution is 2.30. The number of piperidine rings is 1. The number of aromatic amines is 1. The summed E-state index contributed by atoms with van der Waals surface area (Å²) in [6, 6.07) is 25.2. The van der Waals surface area contributed by atoms with E-state index in [1.54, 1.807) is 18.2 Å². The minimum absolute atomic E-state index is 0.0142. The lowest BCUT2D eigenvalue weighted by Crippen LogP contribution is -2.38. The third-order valence-corrected chi connectivity index (χ3v) is 6.54. The van der Waals surface area contributed by atoms with Crippen LogP contribution in [0, 0.1) is 6.92 Å². The van der Waals surface area contributed by atoms with Crippen molar-refractivity contribution in [3.05, 3.63) is 101 Å². The smallest absolute Gasteiger partial charge is 0.255 e. The van der Waals surface area contributed by atoms with Crippen LogP contribution in [-0.2, 0) is 0 Å². The number of rotatable bonds is 4. The molecule has 5 heteroatoms. The molecule has 1 fully saturated rings. The summed E-state index contributed by atoms with van der Waals surface area (Å²) in [4.78, 5) is 31.2. The number of nitrogens with zero attached hydrogens (tertiary/aromatic N) is 1. The van der Waals surface area contributed by atoms with Crippen LogP contribution in [-0.4, -0.2) is 34.8 Å². The lowest BCUT2D eigenvalue weighted by molar-refractivity contribution is 0.0712. The highest BCUT2D eigenvalue weighted by atomic mass is 16.2. The Labute approximate surface area is 193 Å². The number of carbonyl (C=O) groups excluding carboxylic acids is 2. The summed E-state index contributed by atoms with van der Waals surface area (Å²) in [5.74, 6) is 0.267. The van der Waals surface area contributed by atoms with E-state index in [4.69, 9.17) is 0 Å². The minimum atomic E-state index is -0.178. The molecule has 2 N–H and O–H groups in total. The standard InChI is InChI=1S/C28H27N3O2/c1-19-11-12-23(18-25(19)30-27(32)21-7-3-2-4-8-21)28(33)31-15-13-20(14-16-31)26-17-22-9-5-6-10-24(22)29-26/h2-12,17-18,20,29H,13-16H2,1H3,(H,30,32). The molecule has 33 heavy (non-hydrogen) atoms. The van der Waals surface area contributed by atoms with Crippen molar-refractivity contribution in [1.82, 2.24) is 9.88 Å². The third-order valence-electron chi connectivity index (χ3n) is 6.54. The van der Waals surface area contributed by atoms with Gasteiger partial charge in [-0.1, -0.05) is 42.5 Å². The van der Waals surface area contributed by atoms with E-state index >= 15 is 0 Å². The van der Waals surface area contributed by atoms with Crippen LogP contribution in [0.1, 0.15) is 50.7 Å². The van der Waals surface area contributed by atoms with Crippen molar-refractivity contribution in [3.63, 3.8) is 0 Å². The number of hydrogen-bond donors (Lipinski definition) is 2. The molecule has 2 heterocycles. The Bertz CT molecular complexity index is 1270. The van der Waals surface area contributed by atoms with Gasteiger partial charge in [0.15, 0.2) is 0 Å². The van der Waals surface area contributed by atoms with Gasteiger partial charge < -0.3 is 15.2 Å². The second-order valence-corrected chi connectivity index (χ2v) is 8.73. The van der Waals surface area contributed by atoms with Crippen LogP contribution in [0.15, 0.2) is 78.9 Å². The highest BCUT2D eigenvalue weighted by Gasteiger charge is 2.26. The molecule has 0 aliphatic carbocycles. The van der Waals surface area contributed by atoms with E-state index in [0.29, 0.717) is 22.7 Å². The number of amides is 2. The lowest BCUT2D eigenvalue weighted by atomic mass is 9.93. The molecule has 1 aliphatic heterocycles. The normalized spacial score (nSPS) is 14.4. The molecule has 0 spiro atoms. The second-order valence-electron chi connectivity index (χ2n) is 8.73. The first-order valence-electron chi connectivity index (χ1n) is 11.4. The van der Waals surface area contributed by atoms with E-state index < -0.39 is 0 Å². The average molecular weight is 438 g/mol. The van der Waals surface area contributed by atoms with Gasteiger partial charge in [-0.25, -0.2) is 0 Å². The predicted octanol–water partition coefficient (Wildman–Crippen LogP) is 5.75. The average Bonchev–Trinajstić information content (AvgIpc) is 3.30. The summed E-state index contributed by atoms with van der Waals surface area (Å²) in [5, 5.41) is 4.18. The fourth-order valence-electron chi connectivity index (χ4n) is 4.57. The number of benzene rings is 3. The molecule has 0 unspecified atom stereocenters. The van der Waals surface area contributed by atoms with Crippen LogP contribution in [0.3, 0.4) is 0 Å². The van der Waals surface area contributed by atoms with Crippen molar-refractivity contribution in [1.29, 1.82) is 0 Å². The van der Waals surface area contributed by atoms with E-state index in [1.165, 1.54) is 11.1 Å². The van der Waals surface area contributed by atoms with Crippen LogP contribution in [0.25, 0.3) is 10.9 Å². The van der Waals surface area contributed by atoms with Crippen LogP contribution in [0.2, 0.25) is 0 Å². The van der Waals surface area contributed by atoms with Gasteiger partial charge in [0, 0.05) is 47.0 Å². The molecule has 2 amide bonds. The number of hydrogen-bond acceptors (Lipinski definition) is 2. The zero-order valence-corrected chi connectivity index (χ0v) is 18.7. The van der Waals surface area contributed by atoms with Crippen LogP contribution in [0.5, 0.6) is 0 Å². The molecule has 1 aliphatic rings. The van der Waals surface area contributed by atoms with Gasteiger partial charge >= 0.3 is 0 Å². The monoisotopic (exact) mass is 437 g/mol. The van der Waals surface area contributed by atoms with Crippen LogP contribution < -0.4 is 5.32 Å². The molecular weight excluding hydrogens is 410 g/mol. The lowest BCUT2D eigenvalue weighted by Gasteiger charge is -2.32. The molecular formula is C28H27N3O2. The summed E-state index contributed by atoms with van der Waals surface area (Å²) in [6.07, 6.45) is 1.87. The second kappa shape index (κ2) is 8.94. The van der Waals surface area contributed by atoms with Gasteiger partial charge in [-0.2, -0.15) is 0 Å². The van der Waals surface area contributed by atoms with Gasteiger partial charge in [0.25, 0.3) is 11.8 Å². The molecule has 1 saturated heterocycles. The maximum Gasteiger partial charge on any atom is 0.255 e. The number of para-hydroxylation sites is 1. The molecule has 4 aromatic rings. The molecule has 0 atom stereocenters. The Morgan fingerprint density at radius 1 is 0.879 bits per heavy atom. The first-order chi connectivity index (χ1) is 16.1. The van der Waals surface area contributed by atoms with Gasteiger partial charge in [-0.15, -0.1) is 0 Å². The van der Waals surface area contributed by atoms with Crippen molar-refractivity contribution in [2.24, 2.45) is 0 Å². The summed E-state index contributed by atoms with van der Waals surface area (Å²) in [6.45, 7) is 3.37. The molecule has 5 rings (SSSR count). The van der Waals surface area contributed by atoms with Gasteiger partial charge in [0.05, 0.1) is 0 Å². The van der Waals surface area contributed by atoms with Crippen molar-refractivity contribution >= 4 is 28.4 Å². The molecule has 1 aromatic heterocycles. The highest BCUT2D eigenvalue weighted by molar-refractivity contribution is 6.05. The first-order valence-corrected chi connectivity index (χ1v) is 11.4. The fourth-order valence-corrected chi connectivity index (χ4v) is 4.57. The maximum absolute atomic E-state index is 13.2. The fraction of sp³-hybridized carbons (Fsp3) is 0.214. The van der Waals surface area contributed by atoms with E-state index in [2.05, 4.69) is 34.6 Å². The molecule has 0 radical (unpaired) electrons. The molecule has 0 bridgehead atoms. The topological polar surface area (TPSA) is 65.2 Å². The van der Waals surface area contributed by atoms with Crippen LogP contribution >= 0.6 is 0 Å². The molecule has 0 saturated carbocycles. The Morgan fingerprint density at radius 2 is 1.61 bits per heavy atom. The number of aryl methyl sites for hydroxylation is 1. The Hall–Kier alpha value is -3.86. The van der Waals surface area contributed by atoms with Gasteiger partial charge in [0.2, 0.25) is 0 Å². The zero-order chi connectivity index (χ0) is 22.8. The van der Waals surface area contributed by atoms with Crippen molar-refractivity contribution < 1.29 is 9.59 Å². The van der Waals surface area contributed by atoms with Crippen molar-refractivity contribution in [2.75, 3.05) is 18.4 Å². The van der Waals surface area contributed by atoms with Crippen molar-refractivity contribution in [2.45, 2.75) is 25.7 Å². The molecule has 166 valence electrons. The number of nitrogens with one attached hydrogen (secondary N) is 2. The van der Waals surface area contributed by atoms with Gasteiger partial charge in [-0.3, -0.25) is 9.59 Å².